The van der Waals surface area contributed by atoms with E-state index in [1.807, 2.05) is 0 Å². The van der Waals surface area contributed by atoms with Crippen molar-refractivity contribution in [3.63, 3.8) is 0 Å². The maximum atomic E-state index is 5.16. The molecule has 0 saturated carbocycles. The second-order valence-corrected chi connectivity index (χ2v) is 6.60. The monoisotopic (exact) mass is 297 g/mol. The van der Waals surface area contributed by atoms with Crippen molar-refractivity contribution < 1.29 is 4.74 Å². The summed E-state index contributed by atoms with van der Waals surface area (Å²) < 4.78 is 5.16. The minimum atomic E-state index is 0.201. The molecule has 1 nitrogen and oxygen atoms in total. The molecule has 21 heavy (non-hydrogen) atoms. The van der Waals surface area contributed by atoms with Crippen molar-refractivity contribution in [2.45, 2.75) is 116 Å². The number of hydrogen-bond acceptors (Lipinski definition) is 1. The highest BCUT2D eigenvalue weighted by atomic mass is 16.5. The van der Waals surface area contributed by atoms with E-state index in [9.17, 15) is 0 Å². The Labute approximate surface area is 135 Å². The molecule has 0 aliphatic carbocycles. The van der Waals surface area contributed by atoms with Crippen LogP contribution in [0.15, 0.2) is 0 Å². The molecule has 0 rings (SSSR count). The average molecular weight is 298 g/mol. The Kier molecular flexibility index (Phi) is 18.0. The molecule has 0 spiro atoms. The lowest BCUT2D eigenvalue weighted by molar-refractivity contribution is 0.128. The lowest BCUT2D eigenvalue weighted by Gasteiger charge is -2.08. The number of unbranched alkanes of at least 4 members (excludes halogenated alkanes) is 14. The molecule has 0 heterocycles. The summed E-state index contributed by atoms with van der Waals surface area (Å²) in [6, 6.07) is 0. The Morgan fingerprint density at radius 2 is 0.952 bits per heavy atom. The molecule has 0 aromatic carbocycles. The third kappa shape index (κ3) is 17.9. The van der Waals surface area contributed by atoms with Crippen LogP contribution in [0.25, 0.3) is 0 Å². The van der Waals surface area contributed by atoms with Crippen molar-refractivity contribution in [2.75, 3.05) is 7.11 Å². The van der Waals surface area contributed by atoms with Crippen LogP contribution in [0, 0.1) is 6.92 Å². The van der Waals surface area contributed by atoms with Gasteiger partial charge in [-0.05, 0) is 13.3 Å². The molecule has 1 atom stereocenters. The molecular formula is C20H41O. The molecule has 0 saturated heterocycles. The highest BCUT2D eigenvalue weighted by Crippen LogP contribution is 2.14. The molecule has 0 aromatic rings. The zero-order valence-electron chi connectivity index (χ0n) is 15.0. The Morgan fingerprint density at radius 1 is 0.619 bits per heavy atom. The Hall–Kier alpha value is -0.0400. The Morgan fingerprint density at radius 3 is 1.29 bits per heavy atom. The minimum absolute atomic E-state index is 0.201. The fourth-order valence-electron chi connectivity index (χ4n) is 2.86. The van der Waals surface area contributed by atoms with Gasteiger partial charge >= 0.3 is 0 Å². The summed E-state index contributed by atoms with van der Waals surface area (Å²) in [5.74, 6) is 0. The molecule has 0 aromatic heterocycles. The van der Waals surface area contributed by atoms with Gasteiger partial charge in [-0.15, -0.1) is 0 Å². The van der Waals surface area contributed by atoms with Crippen LogP contribution in [0.2, 0.25) is 0 Å². The Bertz CT molecular complexity index is 179. The number of rotatable bonds is 17. The summed E-state index contributed by atoms with van der Waals surface area (Å²) in [4.78, 5) is 0. The molecular weight excluding hydrogens is 256 g/mol. The largest absolute Gasteiger partial charge is 0.381 e. The van der Waals surface area contributed by atoms with Crippen LogP contribution in [0.4, 0.5) is 0 Å². The number of hydrogen-bond donors (Lipinski definition) is 0. The molecule has 1 heteroatoms. The maximum Gasteiger partial charge on any atom is 0.0572 e. The zero-order chi connectivity index (χ0) is 15.6. The minimum Gasteiger partial charge on any atom is -0.381 e. The molecule has 127 valence electrons. The van der Waals surface area contributed by atoms with Crippen molar-refractivity contribution in [1.29, 1.82) is 0 Å². The van der Waals surface area contributed by atoms with Crippen molar-refractivity contribution >= 4 is 0 Å². The normalized spacial score (nSPS) is 12.7. The van der Waals surface area contributed by atoms with Gasteiger partial charge in [0.2, 0.25) is 0 Å². The SMILES string of the molecule is [CH2]C(CCCCCCCCCCCCCCCCC)OC. The van der Waals surface area contributed by atoms with Gasteiger partial charge in [0.05, 0.1) is 6.10 Å². The van der Waals surface area contributed by atoms with Gasteiger partial charge in [0.15, 0.2) is 0 Å². The number of ether oxygens (including phenoxy) is 1. The van der Waals surface area contributed by atoms with Gasteiger partial charge in [-0.25, -0.2) is 0 Å². The third-order valence-electron chi connectivity index (χ3n) is 4.46. The number of methoxy groups -OCH3 is 1. The zero-order valence-corrected chi connectivity index (χ0v) is 15.0. The van der Waals surface area contributed by atoms with E-state index >= 15 is 0 Å². The van der Waals surface area contributed by atoms with Crippen LogP contribution >= 0.6 is 0 Å². The molecule has 1 unspecified atom stereocenters. The molecule has 0 aliphatic heterocycles. The summed E-state index contributed by atoms with van der Waals surface area (Å²) in [5.41, 5.74) is 0. The molecule has 0 fully saturated rings. The summed E-state index contributed by atoms with van der Waals surface area (Å²) in [5, 5.41) is 0. The van der Waals surface area contributed by atoms with E-state index in [2.05, 4.69) is 13.8 Å². The standard InChI is InChI=1S/C20H41O/c1-4-5-6-7-8-9-10-11-12-13-14-15-16-17-18-19-20(2)21-3/h20H,2,4-19H2,1,3H3. The molecule has 0 N–H and O–H groups in total. The van der Waals surface area contributed by atoms with Crippen molar-refractivity contribution in [2.24, 2.45) is 0 Å². The highest BCUT2D eigenvalue weighted by molar-refractivity contribution is 4.59. The van der Waals surface area contributed by atoms with Gasteiger partial charge in [0, 0.05) is 7.11 Å². The lowest BCUT2D eigenvalue weighted by Crippen LogP contribution is -2.04. The van der Waals surface area contributed by atoms with Crippen LogP contribution in [-0.2, 0) is 4.74 Å². The second kappa shape index (κ2) is 18.0. The van der Waals surface area contributed by atoms with Crippen LogP contribution in [0.5, 0.6) is 0 Å². The van der Waals surface area contributed by atoms with Gasteiger partial charge in [-0.2, -0.15) is 0 Å². The lowest BCUT2D eigenvalue weighted by atomic mass is 10.0. The fourth-order valence-corrected chi connectivity index (χ4v) is 2.86. The molecule has 0 bridgehead atoms. The first-order valence-corrected chi connectivity index (χ1v) is 9.67. The van der Waals surface area contributed by atoms with Crippen LogP contribution in [0.3, 0.4) is 0 Å². The summed E-state index contributed by atoms with van der Waals surface area (Å²) in [6.07, 6.45) is 22.7. The van der Waals surface area contributed by atoms with E-state index < -0.39 is 0 Å². The summed E-state index contributed by atoms with van der Waals surface area (Å²) in [6.45, 7) is 6.23. The van der Waals surface area contributed by atoms with Gasteiger partial charge in [-0.3, -0.25) is 0 Å². The van der Waals surface area contributed by atoms with Gasteiger partial charge in [0.1, 0.15) is 0 Å². The van der Waals surface area contributed by atoms with Crippen LogP contribution < -0.4 is 0 Å². The van der Waals surface area contributed by atoms with E-state index in [1.54, 1.807) is 7.11 Å². The highest BCUT2D eigenvalue weighted by Gasteiger charge is 1.98. The van der Waals surface area contributed by atoms with Gasteiger partial charge in [0.25, 0.3) is 0 Å². The fraction of sp³-hybridized carbons (Fsp3) is 0.950. The summed E-state index contributed by atoms with van der Waals surface area (Å²) >= 11 is 0. The van der Waals surface area contributed by atoms with E-state index in [-0.39, 0.29) is 6.10 Å². The molecule has 1 radical (unpaired) electrons. The van der Waals surface area contributed by atoms with Crippen molar-refractivity contribution in [1.82, 2.24) is 0 Å². The van der Waals surface area contributed by atoms with E-state index in [1.165, 1.54) is 96.3 Å². The first kappa shape index (κ1) is 21.0. The van der Waals surface area contributed by atoms with Crippen molar-refractivity contribution in [3.8, 4) is 0 Å². The Balaban J connectivity index is 2.96. The molecule has 0 amide bonds. The topological polar surface area (TPSA) is 9.23 Å². The average Bonchev–Trinajstić information content (AvgIpc) is 2.50. The predicted octanol–water partition coefficient (Wildman–Crippen LogP) is 7.10. The summed E-state index contributed by atoms with van der Waals surface area (Å²) in [7, 11) is 1.75. The predicted molar refractivity (Wildman–Crippen MR) is 95.7 cm³/mol. The van der Waals surface area contributed by atoms with Crippen LogP contribution in [-0.4, -0.2) is 13.2 Å². The second-order valence-electron chi connectivity index (χ2n) is 6.60. The van der Waals surface area contributed by atoms with Crippen LogP contribution in [0.1, 0.15) is 110 Å². The smallest absolute Gasteiger partial charge is 0.0572 e. The van der Waals surface area contributed by atoms with E-state index in [0.29, 0.717) is 0 Å². The van der Waals surface area contributed by atoms with Crippen molar-refractivity contribution in [3.05, 3.63) is 6.92 Å². The van der Waals surface area contributed by atoms with E-state index in [0.717, 1.165) is 6.42 Å². The van der Waals surface area contributed by atoms with Gasteiger partial charge in [-0.1, -0.05) is 103 Å². The first-order chi connectivity index (χ1) is 10.3. The van der Waals surface area contributed by atoms with Gasteiger partial charge < -0.3 is 4.74 Å². The first-order valence-electron chi connectivity index (χ1n) is 9.67. The quantitative estimate of drug-likeness (QED) is 0.260. The molecule has 0 aliphatic rings. The third-order valence-corrected chi connectivity index (χ3v) is 4.46. The maximum absolute atomic E-state index is 5.16. The van der Waals surface area contributed by atoms with E-state index in [4.69, 9.17) is 4.74 Å².